The fraction of sp³-hybridized carbons (Fsp3) is 0.571. The summed E-state index contributed by atoms with van der Waals surface area (Å²) in [6.07, 6.45) is 2.80. The minimum atomic E-state index is -0.509. The first-order valence-corrected chi connectivity index (χ1v) is 9.59. The van der Waals surface area contributed by atoms with Crippen LogP contribution in [0.15, 0.2) is 36.1 Å². The van der Waals surface area contributed by atoms with E-state index in [0.29, 0.717) is 25.5 Å². The number of carbonyl (C=O) groups excluding carboxylic acids is 1. The Hall–Kier alpha value is -1.92. The number of hydrogen-bond acceptors (Lipinski definition) is 4. The zero-order chi connectivity index (χ0) is 19.8. The number of carbonyl (C=O) groups is 1. The molecular formula is C21H30FNO4. The SMILES string of the molecule is CCO[C@H]1OC(C(=O)NCc2ccc(F)cc2)=C[C@@H](C(C)C)[C@@H]1CCCO. The van der Waals surface area contributed by atoms with Gasteiger partial charge in [0.05, 0.1) is 0 Å². The van der Waals surface area contributed by atoms with Crippen molar-refractivity contribution in [1.29, 1.82) is 0 Å². The average molecular weight is 379 g/mol. The van der Waals surface area contributed by atoms with Crippen LogP contribution in [0.1, 0.15) is 39.2 Å². The molecule has 1 amide bonds. The molecule has 0 unspecified atom stereocenters. The van der Waals surface area contributed by atoms with E-state index in [-0.39, 0.29) is 35.9 Å². The van der Waals surface area contributed by atoms with Gasteiger partial charge in [-0.25, -0.2) is 4.39 Å². The Labute approximate surface area is 160 Å². The van der Waals surface area contributed by atoms with E-state index in [4.69, 9.17) is 9.47 Å². The van der Waals surface area contributed by atoms with Crippen LogP contribution in [-0.4, -0.2) is 30.5 Å². The van der Waals surface area contributed by atoms with Crippen molar-refractivity contribution in [3.63, 3.8) is 0 Å². The van der Waals surface area contributed by atoms with Gasteiger partial charge in [0.2, 0.25) is 6.29 Å². The number of rotatable bonds is 9. The minimum Gasteiger partial charge on any atom is -0.459 e. The number of amides is 1. The Bertz CT molecular complexity index is 630. The maximum Gasteiger partial charge on any atom is 0.286 e. The summed E-state index contributed by atoms with van der Waals surface area (Å²) in [5, 5.41) is 12.0. The predicted molar refractivity (Wildman–Crippen MR) is 101 cm³/mol. The molecule has 2 rings (SSSR count). The quantitative estimate of drug-likeness (QED) is 0.690. The van der Waals surface area contributed by atoms with Gasteiger partial charge in [0, 0.05) is 25.7 Å². The molecule has 1 aliphatic rings. The molecule has 0 aliphatic carbocycles. The first kappa shape index (κ1) is 21.4. The van der Waals surface area contributed by atoms with E-state index in [1.54, 1.807) is 12.1 Å². The number of ether oxygens (including phenoxy) is 2. The van der Waals surface area contributed by atoms with Gasteiger partial charge >= 0.3 is 0 Å². The van der Waals surface area contributed by atoms with Crippen LogP contribution in [0.3, 0.4) is 0 Å². The van der Waals surface area contributed by atoms with Gasteiger partial charge in [-0.05, 0) is 55.4 Å². The highest BCUT2D eigenvalue weighted by Gasteiger charge is 2.38. The second-order valence-corrected chi connectivity index (χ2v) is 7.13. The fourth-order valence-electron chi connectivity index (χ4n) is 3.40. The van der Waals surface area contributed by atoms with Crippen molar-refractivity contribution >= 4 is 5.91 Å². The molecule has 1 aromatic rings. The molecule has 0 spiro atoms. The van der Waals surface area contributed by atoms with E-state index < -0.39 is 6.29 Å². The molecule has 0 saturated carbocycles. The van der Waals surface area contributed by atoms with Crippen molar-refractivity contribution in [2.24, 2.45) is 17.8 Å². The van der Waals surface area contributed by atoms with Gasteiger partial charge in [-0.1, -0.05) is 26.0 Å². The van der Waals surface area contributed by atoms with Crippen molar-refractivity contribution < 1.29 is 23.8 Å². The predicted octanol–water partition coefficient (Wildman–Crippen LogP) is 3.38. The lowest BCUT2D eigenvalue weighted by Crippen LogP contribution is -2.41. The van der Waals surface area contributed by atoms with E-state index in [1.165, 1.54) is 12.1 Å². The third-order valence-electron chi connectivity index (χ3n) is 4.82. The lowest BCUT2D eigenvalue weighted by Gasteiger charge is -2.38. The van der Waals surface area contributed by atoms with E-state index in [2.05, 4.69) is 19.2 Å². The first-order chi connectivity index (χ1) is 13.0. The molecule has 0 radical (unpaired) electrons. The van der Waals surface area contributed by atoms with Crippen LogP contribution in [0.25, 0.3) is 0 Å². The third-order valence-corrected chi connectivity index (χ3v) is 4.82. The zero-order valence-corrected chi connectivity index (χ0v) is 16.3. The van der Waals surface area contributed by atoms with E-state index in [0.717, 1.165) is 12.0 Å². The largest absolute Gasteiger partial charge is 0.459 e. The monoisotopic (exact) mass is 379 g/mol. The van der Waals surface area contributed by atoms with Gasteiger partial charge < -0.3 is 19.9 Å². The number of benzene rings is 1. The Morgan fingerprint density at radius 1 is 1.33 bits per heavy atom. The van der Waals surface area contributed by atoms with Crippen molar-refractivity contribution in [2.75, 3.05) is 13.2 Å². The van der Waals surface area contributed by atoms with E-state index in [9.17, 15) is 14.3 Å². The molecular weight excluding hydrogens is 349 g/mol. The Balaban J connectivity index is 2.10. The minimum absolute atomic E-state index is 0.0887. The molecule has 27 heavy (non-hydrogen) atoms. The maximum atomic E-state index is 13.0. The molecule has 2 N–H and O–H groups in total. The standard InChI is InChI=1S/C21H30FNO4/c1-4-26-21-17(6-5-11-24)18(14(2)3)12-19(27-21)20(25)23-13-15-7-9-16(22)10-8-15/h7-10,12,14,17-18,21,24H,4-6,11,13H2,1-3H3,(H,23,25)/t17-,18-,21-/m0/s1. The summed E-state index contributed by atoms with van der Waals surface area (Å²) in [5.74, 6) is 0.154. The van der Waals surface area contributed by atoms with Crippen LogP contribution < -0.4 is 5.32 Å². The summed E-state index contributed by atoms with van der Waals surface area (Å²) in [6.45, 7) is 7.00. The molecule has 1 aromatic carbocycles. The van der Waals surface area contributed by atoms with Gasteiger partial charge in [-0.15, -0.1) is 0 Å². The molecule has 1 aliphatic heterocycles. The third kappa shape index (κ3) is 6.04. The van der Waals surface area contributed by atoms with Crippen molar-refractivity contribution in [3.05, 3.63) is 47.5 Å². The molecule has 0 aromatic heterocycles. The van der Waals surface area contributed by atoms with Gasteiger partial charge in [0.15, 0.2) is 5.76 Å². The lowest BCUT2D eigenvalue weighted by atomic mass is 9.78. The molecule has 150 valence electrons. The molecule has 1 heterocycles. The molecule has 0 fully saturated rings. The summed E-state index contributed by atoms with van der Waals surface area (Å²) in [6, 6.07) is 6.00. The van der Waals surface area contributed by atoms with Crippen LogP contribution in [-0.2, 0) is 20.8 Å². The Morgan fingerprint density at radius 3 is 2.63 bits per heavy atom. The highest BCUT2D eigenvalue weighted by Crippen LogP contribution is 2.37. The summed E-state index contributed by atoms with van der Waals surface area (Å²) >= 11 is 0. The van der Waals surface area contributed by atoms with Crippen LogP contribution in [0.2, 0.25) is 0 Å². The smallest absolute Gasteiger partial charge is 0.286 e. The van der Waals surface area contributed by atoms with Crippen LogP contribution in [0.4, 0.5) is 4.39 Å². The van der Waals surface area contributed by atoms with E-state index in [1.807, 2.05) is 13.0 Å². The highest BCUT2D eigenvalue weighted by molar-refractivity contribution is 5.91. The topological polar surface area (TPSA) is 67.8 Å². The van der Waals surface area contributed by atoms with Crippen LogP contribution in [0, 0.1) is 23.6 Å². The number of hydrogen-bond donors (Lipinski definition) is 2. The van der Waals surface area contributed by atoms with Crippen molar-refractivity contribution in [2.45, 2.75) is 46.4 Å². The molecule has 0 bridgehead atoms. The van der Waals surface area contributed by atoms with Gasteiger partial charge in [0.1, 0.15) is 5.82 Å². The van der Waals surface area contributed by atoms with E-state index >= 15 is 0 Å². The second-order valence-electron chi connectivity index (χ2n) is 7.13. The van der Waals surface area contributed by atoms with Crippen molar-refractivity contribution in [3.8, 4) is 0 Å². The van der Waals surface area contributed by atoms with Gasteiger partial charge in [0.25, 0.3) is 5.91 Å². The number of nitrogens with one attached hydrogen (secondary N) is 1. The summed E-state index contributed by atoms with van der Waals surface area (Å²) in [4.78, 5) is 12.6. The number of halogens is 1. The van der Waals surface area contributed by atoms with Gasteiger partial charge in [-0.2, -0.15) is 0 Å². The summed E-state index contributed by atoms with van der Waals surface area (Å²) < 4.78 is 24.6. The maximum absolute atomic E-state index is 13.0. The Kier molecular flexibility index (Phi) is 8.25. The normalized spacial score (nSPS) is 22.3. The second kappa shape index (κ2) is 10.4. The highest BCUT2D eigenvalue weighted by atomic mass is 19.1. The van der Waals surface area contributed by atoms with Crippen LogP contribution >= 0.6 is 0 Å². The number of allylic oxidation sites excluding steroid dienone is 1. The summed E-state index contributed by atoms with van der Waals surface area (Å²) in [5.41, 5.74) is 0.809. The molecule has 6 heteroatoms. The van der Waals surface area contributed by atoms with Crippen molar-refractivity contribution in [1.82, 2.24) is 5.32 Å². The number of aliphatic hydroxyl groups is 1. The molecule has 3 atom stereocenters. The number of aliphatic hydroxyl groups excluding tert-OH is 1. The van der Waals surface area contributed by atoms with Crippen LogP contribution in [0.5, 0.6) is 0 Å². The first-order valence-electron chi connectivity index (χ1n) is 9.59. The lowest BCUT2D eigenvalue weighted by molar-refractivity contribution is -0.175. The average Bonchev–Trinajstić information content (AvgIpc) is 2.65. The zero-order valence-electron chi connectivity index (χ0n) is 16.3. The van der Waals surface area contributed by atoms with Gasteiger partial charge in [-0.3, -0.25) is 4.79 Å². The fourth-order valence-corrected chi connectivity index (χ4v) is 3.40. The Morgan fingerprint density at radius 2 is 2.04 bits per heavy atom. The molecule has 5 nitrogen and oxygen atoms in total. The molecule has 0 saturated heterocycles. The summed E-state index contributed by atoms with van der Waals surface area (Å²) in [7, 11) is 0.